The lowest BCUT2D eigenvalue weighted by Gasteiger charge is -2.04. The van der Waals surface area contributed by atoms with E-state index in [1.807, 2.05) is 18.2 Å². The lowest BCUT2D eigenvalue weighted by molar-refractivity contribution is 0.978. The Morgan fingerprint density at radius 3 is 2.47 bits per heavy atom. The van der Waals surface area contributed by atoms with E-state index >= 15 is 0 Å². The molecule has 1 heterocycles. The van der Waals surface area contributed by atoms with Gasteiger partial charge in [0, 0.05) is 23.8 Å². The Labute approximate surface area is 100 Å². The van der Waals surface area contributed by atoms with Gasteiger partial charge in [-0.2, -0.15) is 0 Å². The van der Waals surface area contributed by atoms with Gasteiger partial charge in [0.05, 0.1) is 5.52 Å². The molecule has 0 bridgehead atoms. The second kappa shape index (κ2) is 3.67. The van der Waals surface area contributed by atoms with Crippen LogP contribution in [0.15, 0.2) is 54.6 Å². The van der Waals surface area contributed by atoms with Gasteiger partial charge in [-0.05, 0) is 23.8 Å². The number of nitrogens with zero attached hydrogens (tertiary/aromatic N) is 1. The largest absolute Gasteiger partial charge is 0.399 e. The number of fused-ring (bicyclic) bond motifs is 1. The minimum atomic E-state index is 0.804. The normalized spacial score (nSPS) is 10.9. The highest BCUT2D eigenvalue weighted by atomic mass is 14.9. The monoisotopic (exact) mass is 222 g/mol. The Bertz CT molecular complexity index is 666. The number of aryl methyl sites for hydroxylation is 1. The van der Waals surface area contributed by atoms with Crippen LogP contribution in [0.4, 0.5) is 5.69 Å². The molecule has 0 aliphatic rings. The van der Waals surface area contributed by atoms with Crippen LogP contribution in [0.2, 0.25) is 0 Å². The summed E-state index contributed by atoms with van der Waals surface area (Å²) in [5, 5.41) is 1.22. The molecular weight excluding hydrogens is 208 g/mol. The first-order chi connectivity index (χ1) is 8.25. The van der Waals surface area contributed by atoms with E-state index in [2.05, 4.69) is 48.0 Å². The standard InChI is InChI=1S/C15H14N2/c1-17-14(11-5-3-2-4-6-11)9-12-7-8-13(16)10-15(12)17/h2-10H,16H2,1H3. The molecule has 0 saturated heterocycles. The maximum absolute atomic E-state index is 5.83. The molecule has 0 amide bonds. The number of hydrogen-bond acceptors (Lipinski definition) is 1. The third-order valence-corrected chi connectivity index (χ3v) is 3.14. The Kier molecular flexibility index (Phi) is 2.15. The Morgan fingerprint density at radius 1 is 0.941 bits per heavy atom. The fourth-order valence-electron chi connectivity index (χ4n) is 2.23. The summed E-state index contributed by atoms with van der Waals surface area (Å²) < 4.78 is 2.18. The molecule has 0 atom stereocenters. The molecule has 2 nitrogen and oxygen atoms in total. The topological polar surface area (TPSA) is 30.9 Å². The van der Waals surface area contributed by atoms with Gasteiger partial charge in [-0.15, -0.1) is 0 Å². The summed E-state index contributed by atoms with van der Waals surface area (Å²) in [5.41, 5.74) is 10.2. The number of nitrogen functional groups attached to an aromatic ring is 1. The van der Waals surface area contributed by atoms with Crippen LogP contribution >= 0.6 is 0 Å². The van der Waals surface area contributed by atoms with E-state index in [-0.39, 0.29) is 0 Å². The highest BCUT2D eigenvalue weighted by Gasteiger charge is 2.07. The molecule has 0 radical (unpaired) electrons. The average molecular weight is 222 g/mol. The van der Waals surface area contributed by atoms with E-state index in [0.29, 0.717) is 0 Å². The molecule has 0 spiro atoms. The highest BCUT2D eigenvalue weighted by Crippen LogP contribution is 2.28. The predicted molar refractivity (Wildman–Crippen MR) is 72.8 cm³/mol. The minimum Gasteiger partial charge on any atom is -0.399 e. The van der Waals surface area contributed by atoms with Crippen molar-refractivity contribution in [1.29, 1.82) is 0 Å². The van der Waals surface area contributed by atoms with Crippen molar-refractivity contribution in [1.82, 2.24) is 4.57 Å². The Balaban J connectivity index is 2.28. The molecule has 1 aromatic heterocycles. The van der Waals surface area contributed by atoms with Gasteiger partial charge in [-0.1, -0.05) is 36.4 Å². The molecule has 84 valence electrons. The number of nitrogens with two attached hydrogens (primary N) is 1. The molecule has 3 rings (SSSR count). The summed E-state index contributed by atoms with van der Waals surface area (Å²) in [7, 11) is 2.07. The molecule has 17 heavy (non-hydrogen) atoms. The first-order valence-electron chi connectivity index (χ1n) is 5.66. The second-order valence-corrected chi connectivity index (χ2v) is 4.27. The molecule has 2 N–H and O–H groups in total. The van der Waals surface area contributed by atoms with Crippen LogP contribution in [0, 0.1) is 0 Å². The Hall–Kier alpha value is -2.22. The van der Waals surface area contributed by atoms with E-state index in [0.717, 1.165) is 5.69 Å². The summed E-state index contributed by atoms with van der Waals surface area (Å²) in [4.78, 5) is 0. The molecule has 0 saturated carbocycles. The van der Waals surface area contributed by atoms with Crippen molar-refractivity contribution in [2.45, 2.75) is 0 Å². The maximum atomic E-state index is 5.83. The van der Waals surface area contributed by atoms with Gasteiger partial charge < -0.3 is 10.3 Å². The van der Waals surface area contributed by atoms with E-state index in [1.165, 1.54) is 22.2 Å². The summed E-state index contributed by atoms with van der Waals surface area (Å²) in [5.74, 6) is 0. The first kappa shape index (κ1) is 9.97. The van der Waals surface area contributed by atoms with Crippen molar-refractivity contribution in [2.24, 2.45) is 7.05 Å². The number of benzene rings is 2. The first-order valence-corrected chi connectivity index (χ1v) is 5.66. The highest BCUT2D eigenvalue weighted by molar-refractivity contribution is 5.89. The SMILES string of the molecule is Cn1c(-c2ccccc2)cc2ccc(N)cc21. The van der Waals surface area contributed by atoms with E-state index in [1.54, 1.807) is 0 Å². The molecular formula is C15H14N2. The smallest absolute Gasteiger partial charge is 0.0503 e. The fraction of sp³-hybridized carbons (Fsp3) is 0.0667. The van der Waals surface area contributed by atoms with Crippen LogP contribution in [0.25, 0.3) is 22.2 Å². The van der Waals surface area contributed by atoms with Crippen molar-refractivity contribution in [2.75, 3.05) is 5.73 Å². The molecule has 0 aliphatic heterocycles. The average Bonchev–Trinajstić information content (AvgIpc) is 2.68. The summed E-state index contributed by atoms with van der Waals surface area (Å²) in [6.45, 7) is 0. The lowest BCUT2D eigenvalue weighted by Crippen LogP contribution is -1.91. The van der Waals surface area contributed by atoms with Crippen molar-refractivity contribution < 1.29 is 0 Å². The van der Waals surface area contributed by atoms with Crippen LogP contribution in [-0.4, -0.2) is 4.57 Å². The summed E-state index contributed by atoms with van der Waals surface area (Å²) >= 11 is 0. The predicted octanol–water partition coefficient (Wildman–Crippen LogP) is 3.43. The van der Waals surface area contributed by atoms with Crippen LogP contribution in [0.3, 0.4) is 0 Å². The van der Waals surface area contributed by atoms with Gasteiger partial charge in [0.2, 0.25) is 0 Å². The number of rotatable bonds is 1. The van der Waals surface area contributed by atoms with Crippen molar-refractivity contribution in [3.63, 3.8) is 0 Å². The second-order valence-electron chi connectivity index (χ2n) is 4.27. The van der Waals surface area contributed by atoms with Gasteiger partial charge in [0.25, 0.3) is 0 Å². The van der Waals surface area contributed by atoms with Crippen LogP contribution in [0.1, 0.15) is 0 Å². The van der Waals surface area contributed by atoms with Crippen LogP contribution in [0.5, 0.6) is 0 Å². The zero-order valence-electron chi connectivity index (χ0n) is 9.72. The van der Waals surface area contributed by atoms with Gasteiger partial charge in [-0.25, -0.2) is 0 Å². The summed E-state index contributed by atoms with van der Waals surface area (Å²) in [6, 6.07) is 18.6. The molecule has 0 unspecified atom stereocenters. The zero-order chi connectivity index (χ0) is 11.8. The van der Waals surface area contributed by atoms with Crippen LogP contribution < -0.4 is 5.73 Å². The number of anilines is 1. The zero-order valence-corrected chi connectivity index (χ0v) is 9.72. The molecule has 2 aromatic carbocycles. The van der Waals surface area contributed by atoms with Gasteiger partial charge in [0.15, 0.2) is 0 Å². The summed E-state index contributed by atoms with van der Waals surface area (Å²) in [6.07, 6.45) is 0. The van der Waals surface area contributed by atoms with Crippen molar-refractivity contribution in [3.8, 4) is 11.3 Å². The number of hydrogen-bond donors (Lipinski definition) is 1. The fourth-order valence-corrected chi connectivity index (χ4v) is 2.23. The van der Waals surface area contributed by atoms with Crippen LogP contribution in [-0.2, 0) is 7.05 Å². The van der Waals surface area contributed by atoms with Crippen molar-refractivity contribution in [3.05, 3.63) is 54.6 Å². The lowest BCUT2D eigenvalue weighted by atomic mass is 10.1. The third-order valence-electron chi connectivity index (χ3n) is 3.14. The van der Waals surface area contributed by atoms with Crippen molar-refractivity contribution >= 4 is 16.6 Å². The molecule has 0 fully saturated rings. The Morgan fingerprint density at radius 2 is 1.71 bits per heavy atom. The third kappa shape index (κ3) is 1.58. The quantitative estimate of drug-likeness (QED) is 0.628. The molecule has 3 aromatic rings. The van der Waals surface area contributed by atoms with E-state index < -0.39 is 0 Å². The van der Waals surface area contributed by atoms with E-state index in [4.69, 9.17) is 5.73 Å². The molecule has 0 aliphatic carbocycles. The minimum absolute atomic E-state index is 0.804. The van der Waals surface area contributed by atoms with E-state index in [9.17, 15) is 0 Å². The molecule has 2 heteroatoms. The van der Waals surface area contributed by atoms with Gasteiger partial charge in [-0.3, -0.25) is 0 Å². The van der Waals surface area contributed by atoms with Gasteiger partial charge >= 0.3 is 0 Å². The number of aromatic nitrogens is 1. The maximum Gasteiger partial charge on any atom is 0.0503 e. The van der Waals surface area contributed by atoms with Gasteiger partial charge in [0.1, 0.15) is 0 Å².